The highest BCUT2D eigenvalue weighted by Gasteiger charge is 2.41. The number of hydrogen-bond acceptors (Lipinski definition) is 3. The molecule has 0 unspecified atom stereocenters. The Morgan fingerprint density at radius 3 is 2.48 bits per heavy atom. The van der Waals surface area contributed by atoms with Crippen LogP contribution >= 0.6 is 35.3 Å². The first-order valence-electron chi connectivity index (χ1n) is 8.47. The van der Waals surface area contributed by atoms with E-state index in [2.05, 4.69) is 27.5 Å². The predicted octanol–water partition coefficient (Wildman–Crippen LogP) is 4.50. The van der Waals surface area contributed by atoms with Gasteiger partial charge >= 0.3 is 6.18 Å². The van der Waals surface area contributed by atoms with Crippen molar-refractivity contribution in [3.05, 3.63) is 16.1 Å². The lowest BCUT2D eigenvalue weighted by Crippen LogP contribution is -2.45. The Morgan fingerprint density at radius 1 is 1.28 bits per heavy atom. The molecule has 25 heavy (non-hydrogen) atoms. The normalized spacial score (nSPS) is 21.6. The molecule has 0 amide bonds. The van der Waals surface area contributed by atoms with Gasteiger partial charge in [0.2, 0.25) is 0 Å². The van der Waals surface area contributed by atoms with Crippen molar-refractivity contribution in [3.63, 3.8) is 0 Å². The topological polar surface area (TPSA) is 49.3 Å². The van der Waals surface area contributed by atoms with Gasteiger partial charge in [-0.05, 0) is 39.0 Å². The Labute approximate surface area is 168 Å². The highest BCUT2D eigenvalue weighted by atomic mass is 127. The molecule has 9 heteroatoms. The average Bonchev–Trinajstić information content (AvgIpc) is 3.00. The van der Waals surface area contributed by atoms with Crippen LogP contribution in [0.4, 0.5) is 13.2 Å². The van der Waals surface area contributed by atoms with Crippen molar-refractivity contribution < 1.29 is 13.2 Å². The molecule has 1 aromatic heterocycles. The zero-order valence-corrected chi connectivity index (χ0v) is 17.7. The van der Waals surface area contributed by atoms with E-state index < -0.39 is 12.1 Å². The average molecular weight is 490 g/mol. The first-order valence-corrected chi connectivity index (χ1v) is 9.35. The Balaban J connectivity index is 0.00000312. The fourth-order valence-corrected chi connectivity index (χ4v) is 3.56. The van der Waals surface area contributed by atoms with Crippen LogP contribution in [0.5, 0.6) is 0 Å². The van der Waals surface area contributed by atoms with Crippen molar-refractivity contribution in [2.45, 2.75) is 64.7 Å². The van der Waals surface area contributed by atoms with E-state index in [1.807, 2.05) is 12.3 Å². The molecular formula is C16H26F3IN4S. The minimum atomic E-state index is -4.06. The van der Waals surface area contributed by atoms with E-state index in [1.54, 1.807) is 11.3 Å². The van der Waals surface area contributed by atoms with Crippen LogP contribution in [0.25, 0.3) is 0 Å². The molecular weight excluding hydrogens is 464 g/mol. The molecule has 1 fully saturated rings. The van der Waals surface area contributed by atoms with Crippen molar-refractivity contribution in [1.29, 1.82) is 0 Å². The van der Waals surface area contributed by atoms with E-state index >= 15 is 0 Å². The quantitative estimate of drug-likeness (QED) is 0.363. The summed E-state index contributed by atoms with van der Waals surface area (Å²) in [6.07, 6.45) is -1.74. The number of aliphatic imine (C=N–C) groups is 1. The van der Waals surface area contributed by atoms with Crippen LogP contribution in [-0.4, -0.2) is 29.7 Å². The molecule has 0 radical (unpaired) electrons. The van der Waals surface area contributed by atoms with Gasteiger partial charge in [0.1, 0.15) is 0 Å². The molecule has 1 aromatic rings. The van der Waals surface area contributed by atoms with E-state index in [1.165, 1.54) is 0 Å². The van der Waals surface area contributed by atoms with Gasteiger partial charge in [0.25, 0.3) is 0 Å². The molecule has 1 aliphatic rings. The number of guanidine groups is 1. The highest BCUT2D eigenvalue weighted by molar-refractivity contribution is 14.0. The van der Waals surface area contributed by atoms with Gasteiger partial charge in [0.15, 0.2) is 5.96 Å². The summed E-state index contributed by atoms with van der Waals surface area (Å²) >= 11 is 1.63. The van der Waals surface area contributed by atoms with Crippen LogP contribution in [0.2, 0.25) is 0 Å². The lowest BCUT2D eigenvalue weighted by atomic mass is 9.85. The van der Waals surface area contributed by atoms with Gasteiger partial charge in [-0.3, -0.25) is 0 Å². The van der Waals surface area contributed by atoms with Gasteiger partial charge in [-0.1, -0.05) is 6.92 Å². The van der Waals surface area contributed by atoms with Crippen molar-refractivity contribution in [1.82, 2.24) is 15.6 Å². The molecule has 0 aliphatic heterocycles. The summed E-state index contributed by atoms with van der Waals surface area (Å²) in [4.78, 5) is 8.99. The summed E-state index contributed by atoms with van der Waals surface area (Å²) in [5, 5.41) is 9.51. The second kappa shape index (κ2) is 10.5. The largest absolute Gasteiger partial charge is 0.391 e. The van der Waals surface area contributed by atoms with Crippen molar-refractivity contribution in [2.24, 2.45) is 10.9 Å². The number of nitrogens with one attached hydrogen (secondary N) is 2. The maximum Gasteiger partial charge on any atom is 0.391 e. The Hall–Kier alpha value is -0.580. The number of halogens is 4. The monoisotopic (exact) mass is 490 g/mol. The third kappa shape index (κ3) is 7.28. The highest BCUT2D eigenvalue weighted by Crippen LogP contribution is 2.37. The zero-order valence-electron chi connectivity index (χ0n) is 14.5. The van der Waals surface area contributed by atoms with E-state index in [0.29, 0.717) is 31.9 Å². The summed E-state index contributed by atoms with van der Waals surface area (Å²) in [5.74, 6) is -0.503. The second-order valence-electron chi connectivity index (χ2n) is 6.02. The van der Waals surface area contributed by atoms with Crippen molar-refractivity contribution in [2.75, 3.05) is 6.54 Å². The number of nitrogens with zero attached hydrogens (tertiary/aromatic N) is 2. The lowest BCUT2D eigenvalue weighted by molar-refractivity contribution is -0.182. The molecule has 4 nitrogen and oxygen atoms in total. The van der Waals surface area contributed by atoms with Gasteiger partial charge in [0.05, 0.1) is 23.2 Å². The van der Waals surface area contributed by atoms with Crippen LogP contribution in [-0.2, 0) is 13.0 Å². The molecule has 0 spiro atoms. The SMILES string of the molecule is CCNC(=NCc1csc(CC)n1)NC1CCC(C(F)(F)F)CC1.I. The van der Waals surface area contributed by atoms with Gasteiger partial charge < -0.3 is 10.6 Å². The predicted molar refractivity (Wildman–Crippen MR) is 107 cm³/mol. The van der Waals surface area contributed by atoms with Gasteiger partial charge in [-0.2, -0.15) is 13.2 Å². The van der Waals surface area contributed by atoms with Gasteiger partial charge in [0, 0.05) is 18.0 Å². The fourth-order valence-electron chi connectivity index (χ4n) is 2.82. The number of aryl methyl sites for hydroxylation is 1. The van der Waals surface area contributed by atoms with Gasteiger partial charge in [-0.25, -0.2) is 9.98 Å². The molecule has 1 heterocycles. The number of rotatable bonds is 5. The van der Waals surface area contributed by atoms with Crippen LogP contribution < -0.4 is 10.6 Å². The van der Waals surface area contributed by atoms with E-state index in [4.69, 9.17) is 0 Å². The number of thiazole rings is 1. The second-order valence-corrected chi connectivity index (χ2v) is 6.96. The van der Waals surface area contributed by atoms with Crippen molar-refractivity contribution >= 4 is 41.3 Å². The van der Waals surface area contributed by atoms with E-state index in [9.17, 15) is 13.2 Å². The third-order valence-corrected chi connectivity index (χ3v) is 5.22. The molecule has 0 bridgehead atoms. The molecule has 0 aromatic carbocycles. The third-order valence-electron chi connectivity index (χ3n) is 4.18. The fraction of sp³-hybridized carbons (Fsp3) is 0.750. The summed E-state index contributed by atoms with van der Waals surface area (Å²) in [6, 6.07) is 0.0445. The Kier molecular flexibility index (Phi) is 9.47. The van der Waals surface area contributed by atoms with Crippen LogP contribution in [0.15, 0.2) is 10.4 Å². The van der Waals surface area contributed by atoms with E-state index in [-0.39, 0.29) is 42.9 Å². The Morgan fingerprint density at radius 2 is 1.96 bits per heavy atom. The first kappa shape index (κ1) is 22.5. The van der Waals surface area contributed by atoms with Crippen LogP contribution in [0.1, 0.15) is 50.2 Å². The van der Waals surface area contributed by atoms with Gasteiger partial charge in [-0.15, -0.1) is 35.3 Å². The summed E-state index contributed by atoms with van der Waals surface area (Å²) < 4.78 is 38.2. The molecule has 1 saturated carbocycles. The molecule has 0 atom stereocenters. The minimum absolute atomic E-state index is 0. The number of alkyl halides is 3. The molecule has 1 aliphatic carbocycles. The summed E-state index contributed by atoms with van der Waals surface area (Å²) in [6.45, 7) is 5.22. The number of aromatic nitrogens is 1. The smallest absolute Gasteiger partial charge is 0.357 e. The molecule has 144 valence electrons. The lowest BCUT2D eigenvalue weighted by Gasteiger charge is -2.31. The van der Waals surface area contributed by atoms with Crippen molar-refractivity contribution in [3.8, 4) is 0 Å². The first-order chi connectivity index (χ1) is 11.4. The minimum Gasteiger partial charge on any atom is -0.357 e. The maximum absolute atomic E-state index is 12.7. The standard InChI is InChI=1S/C16H25F3N4S.HI/c1-3-14-22-13(10-24-14)9-21-15(20-4-2)23-12-7-5-11(6-8-12)16(17,18)19;/h10-12H,3-9H2,1-2H3,(H2,20,21,23);1H. The maximum atomic E-state index is 12.7. The molecule has 2 rings (SSSR count). The summed E-state index contributed by atoms with van der Waals surface area (Å²) in [5.41, 5.74) is 0.926. The summed E-state index contributed by atoms with van der Waals surface area (Å²) in [7, 11) is 0. The number of hydrogen-bond donors (Lipinski definition) is 2. The Bertz CT molecular complexity index is 540. The zero-order chi connectivity index (χ0) is 17.6. The van der Waals surface area contributed by atoms with E-state index in [0.717, 1.165) is 17.1 Å². The van der Waals surface area contributed by atoms with Crippen LogP contribution in [0.3, 0.4) is 0 Å². The molecule has 0 saturated heterocycles. The molecule has 2 N–H and O–H groups in total. The van der Waals surface area contributed by atoms with Crippen LogP contribution in [0, 0.1) is 5.92 Å².